The van der Waals surface area contributed by atoms with Crippen molar-refractivity contribution in [3.05, 3.63) is 0 Å². The Labute approximate surface area is 66.4 Å². The molecule has 2 aliphatic rings. The summed E-state index contributed by atoms with van der Waals surface area (Å²) in [5, 5.41) is 22.2. The molecule has 1 heterocycles. The SMILES string of the molecule is OC1CNC2(CCCC2)C1O. The fourth-order valence-electron chi connectivity index (χ4n) is 2.37. The predicted octanol–water partition coefficient (Wildman–Crippen LogP) is -0.376. The zero-order valence-corrected chi connectivity index (χ0v) is 6.58. The van der Waals surface area contributed by atoms with Gasteiger partial charge >= 0.3 is 0 Å². The second-order valence-corrected chi connectivity index (χ2v) is 3.76. The highest BCUT2D eigenvalue weighted by atomic mass is 16.3. The van der Waals surface area contributed by atoms with Gasteiger partial charge in [0.05, 0.1) is 12.2 Å². The van der Waals surface area contributed by atoms with E-state index in [1.165, 1.54) is 12.8 Å². The number of nitrogens with one attached hydrogen (secondary N) is 1. The van der Waals surface area contributed by atoms with E-state index in [-0.39, 0.29) is 5.54 Å². The summed E-state index contributed by atoms with van der Waals surface area (Å²) in [7, 11) is 0. The molecule has 1 saturated carbocycles. The molecule has 0 aromatic rings. The maximum atomic E-state index is 9.64. The van der Waals surface area contributed by atoms with Crippen molar-refractivity contribution in [2.45, 2.75) is 43.4 Å². The molecule has 1 saturated heterocycles. The van der Waals surface area contributed by atoms with Crippen LogP contribution >= 0.6 is 0 Å². The molecule has 3 N–H and O–H groups in total. The van der Waals surface area contributed by atoms with Crippen LogP contribution in [0.25, 0.3) is 0 Å². The van der Waals surface area contributed by atoms with Gasteiger partial charge in [-0.25, -0.2) is 0 Å². The van der Waals surface area contributed by atoms with Crippen molar-refractivity contribution in [2.24, 2.45) is 0 Å². The van der Waals surface area contributed by atoms with Crippen LogP contribution in [0, 0.1) is 0 Å². The van der Waals surface area contributed by atoms with Crippen molar-refractivity contribution in [3.8, 4) is 0 Å². The Morgan fingerprint density at radius 2 is 1.82 bits per heavy atom. The summed E-state index contributed by atoms with van der Waals surface area (Å²) in [5.41, 5.74) is -0.126. The van der Waals surface area contributed by atoms with Gasteiger partial charge in [-0.3, -0.25) is 0 Å². The van der Waals surface area contributed by atoms with E-state index in [4.69, 9.17) is 0 Å². The summed E-state index contributed by atoms with van der Waals surface area (Å²) in [4.78, 5) is 0. The Morgan fingerprint density at radius 3 is 2.27 bits per heavy atom. The van der Waals surface area contributed by atoms with Gasteiger partial charge in [-0.1, -0.05) is 12.8 Å². The molecule has 2 unspecified atom stereocenters. The largest absolute Gasteiger partial charge is 0.389 e. The van der Waals surface area contributed by atoms with E-state index in [1.807, 2.05) is 0 Å². The second-order valence-electron chi connectivity index (χ2n) is 3.76. The molecule has 0 bridgehead atoms. The summed E-state index contributed by atoms with van der Waals surface area (Å²) < 4.78 is 0. The molecule has 11 heavy (non-hydrogen) atoms. The lowest BCUT2D eigenvalue weighted by Crippen LogP contribution is -2.46. The van der Waals surface area contributed by atoms with E-state index in [0.717, 1.165) is 12.8 Å². The molecule has 2 rings (SSSR count). The highest BCUT2D eigenvalue weighted by molar-refractivity contribution is 5.06. The zero-order valence-electron chi connectivity index (χ0n) is 6.58. The summed E-state index contributed by atoms with van der Waals surface area (Å²) >= 11 is 0. The topological polar surface area (TPSA) is 52.5 Å². The molecule has 0 radical (unpaired) electrons. The second kappa shape index (κ2) is 2.44. The third-order valence-corrected chi connectivity index (χ3v) is 3.09. The standard InChI is InChI=1S/C8H15NO2/c10-6-5-9-8(7(6)11)3-1-2-4-8/h6-7,9-11H,1-5H2. The van der Waals surface area contributed by atoms with Gasteiger partial charge in [-0.2, -0.15) is 0 Å². The maximum Gasteiger partial charge on any atom is 0.0992 e. The van der Waals surface area contributed by atoms with Crippen molar-refractivity contribution in [2.75, 3.05) is 6.54 Å². The van der Waals surface area contributed by atoms with Gasteiger partial charge < -0.3 is 15.5 Å². The summed E-state index contributed by atoms with van der Waals surface area (Å²) in [6.45, 7) is 0.557. The Bertz CT molecular complexity index is 154. The van der Waals surface area contributed by atoms with Gasteiger partial charge in [0.2, 0.25) is 0 Å². The molecule has 3 heteroatoms. The molecule has 3 nitrogen and oxygen atoms in total. The highest BCUT2D eigenvalue weighted by Crippen LogP contribution is 2.36. The number of aliphatic hydroxyl groups excluding tert-OH is 2. The van der Waals surface area contributed by atoms with Gasteiger partial charge in [-0.05, 0) is 12.8 Å². The van der Waals surface area contributed by atoms with E-state index < -0.39 is 12.2 Å². The van der Waals surface area contributed by atoms with Crippen LogP contribution in [0.3, 0.4) is 0 Å². The zero-order chi connectivity index (χ0) is 7.90. The van der Waals surface area contributed by atoms with Crippen molar-refractivity contribution in [1.29, 1.82) is 0 Å². The fraction of sp³-hybridized carbons (Fsp3) is 1.00. The minimum Gasteiger partial charge on any atom is -0.389 e. The quantitative estimate of drug-likeness (QED) is 0.449. The van der Waals surface area contributed by atoms with E-state index in [2.05, 4.69) is 5.32 Å². The van der Waals surface area contributed by atoms with Crippen molar-refractivity contribution in [3.63, 3.8) is 0 Å². The molecule has 0 aromatic heterocycles. The van der Waals surface area contributed by atoms with E-state index in [1.54, 1.807) is 0 Å². The van der Waals surface area contributed by atoms with Crippen molar-refractivity contribution in [1.82, 2.24) is 5.32 Å². The molecule has 0 amide bonds. The minimum absolute atomic E-state index is 0.126. The fourth-order valence-corrected chi connectivity index (χ4v) is 2.37. The first kappa shape index (κ1) is 7.53. The Kier molecular flexibility index (Phi) is 1.67. The molecule has 1 spiro atoms. The summed E-state index contributed by atoms with van der Waals surface area (Å²) in [5.74, 6) is 0. The average molecular weight is 157 g/mol. The summed E-state index contributed by atoms with van der Waals surface area (Å²) in [6.07, 6.45) is 3.31. The number of hydrogen-bond donors (Lipinski definition) is 3. The maximum absolute atomic E-state index is 9.64. The first-order chi connectivity index (χ1) is 5.25. The van der Waals surface area contributed by atoms with E-state index in [0.29, 0.717) is 6.54 Å². The Balaban J connectivity index is 2.13. The number of hydrogen-bond acceptors (Lipinski definition) is 3. The van der Waals surface area contributed by atoms with E-state index in [9.17, 15) is 10.2 Å². The number of β-amino-alcohol motifs (C(OH)–C–C–N with tert-alkyl or cyclic N) is 1. The van der Waals surface area contributed by atoms with Gasteiger partial charge in [0.1, 0.15) is 0 Å². The van der Waals surface area contributed by atoms with E-state index >= 15 is 0 Å². The minimum atomic E-state index is -0.548. The van der Waals surface area contributed by atoms with Gasteiger partial charge in [0, 0.05) is 12.1 Å². The first-order valence-electron chi connectivity index (χ1n) is 4.36. The van der Waals surface area contributed by atoms with Gasteiger partial charge in [0.15, 0.2) is 0 Å². The normalized spacial score (nSPS) is 42.0. The van der Waals surface area contributed by atoms with Crippen LogP contribution in [0.2, 0.25) is 0 Å². The smallest absolute Gasteiger partial charge is 0.0992 e. The van der Waals surface area contributed by atoms with Gasteiger partial charge in [0.25, 0.3) is 0 Å². The van der Waals surface area contributed by atoms with Crippen LogP contribution in [0.15, 0.2) is 0 Å². The van der Waals surface area contributed by atoms with Crippen molar-refractivity contribution >= 4 is 0 Å². The van der Waals surface area contributed by atoms with Gasteiger partial charge in [-0.15, -0.1) is 0 Å². The van der Waals surface area contributed by atoms with Crippen LogP contribution < -0.4 is 5.32 Å². The van der Waals surface area contributed by atoms with Crippen LogP contribution in [0.1, 0.15) is 25.7 Å². The van der Waals surface area contributed by atoms with Crippen LogP contribution in [-0.2, 0) is 0 Å². The third-order valence-electron chi connectivity index (χ3n) is 3.09. The molecule has 1 aliphatic carbocycles. The molecule has 2 fully saturated rings. The lowest BCUT2D eigenvalue weighted by atomic mass is 9.92. The number of aliphatic hydroxyl groups is 2. The molecular weight excluding hydrogens is 142 g/mol. The highest BCUT2D eigenvalue weighted by Gasteiger charge is 2.48. The number of rotatable bonds is 0. The molecular formula is C8H15NO2. The van der Waals surface area contributed by atoms with Crippen LogP contribution in [0.5, 0.6) is 0 Å². The molecule has 1 aliphatic heterocycles. The monoisotopic (exact) mass is 157 g/mol. The van der Waals surface area contributed by atoms with Crippen molar-refractivity contribution < 1.29 is 10.2 Å². The summed E-state index contributed by atoms with van der Waals surface area (Å²) in [6, 6.07) is 0. The lowest BCUT2D eigenvalue weighted by molar-refractivity contribution is 0.0124. The Hall–Kier alpha value is -0.120. The molecule has 64 valence electrons. The third kappa shape index (κ3) is 0.991. The Morgan fingerprint density at radius 1 is 1.18 bits per heavy atom. The molecule has 2 atom stereocenters. The average Bonchev–Trinajstić information content (AvgIpc) is 2.56. The first-order valence-corrected chi connectivity index (χ1v) is 4.36. The lowest BCUT2D eigenvalue weighted by Gasteiger charge is -2.27. The van der Waals surface area contributed by atoms with Crippen LogP contribution in [0.4, 0.5) is 0 Å². The predicted molar refractivity (Wildman–Crippen MR) is 41.2 cm³/mol. The van der Waals surface area contributed by atoms with Crippen LogP contribution in [-0.4, -0.2) is 34.5 Å². The molecule has 0 aromatic carbocycles.